The number of methoxy groups -OCH3 is 2. The zero-order valence-electron chi connectivity index (χ0n) is 26.2. The van der Waals surface area contributed by atoms with Gasteiger partial charge in [-0.05, 0) is 41.8 Å². The van der Waals surface area contributed by atoms with Crippen molar-refractivity contribution in [2.75, 3.05) is 72.1 Å². The maximum absolute atomic E-state index is 12.9. The first-order valence-corrected chi connectivity index (χ1v) is 16.2. The highest BCUT2D eigenvalue weighted by atomic mass is 32.2. The number of anilines is 1. The topological polar surface area (TPSA) is 89.1 Å². The van der Waals surface area contributed by atoms with Gasteiger partial charge < -0.3 is 24.4 Å². The SMILES string of the molecule is COc1ccc(CCN(C)c2cc(-c3ccccc3)nc(SCc3cccc(C(=O)NCCN4CCOCC4)c3)n2)cc1OC. The number of carbonyl (C=O) groups is 1. The predicted octanol–water partition coefficient (Wildman–Crippen LogP) is 5.19. The van der Waals surface area contributed by atoms with Crippen LogP contribution < -0.4 is 19.7 Å². The molecule has 0 spiro atoms. The number of hydrogen-bond donors (Lipinski definition) is 1. The van der Waals surface area contributed by atoms with E-state index >= 15 is 0 Å². The van der Waals surface area contributed by atoms with Crippen molar-refractivity contribution >= 4 is 23.5 Å². The number of hydrogen-bond acceptors (Lipinski definition) is 9. The third-order valence-electron chi connectivity index (χ3n) is 7.71. The maximum atomic E-state index is 12.9. The van der Waals surface area contributed by atoms with Gasteiger partial charge in [-0.2, -0.15) is 0 Å². The van der Waals surface area contributed by atoms with Crippen LogP contribution in [0.3, 0.4) is 0 Å². The Morgan fingerprint density at radius 2 is 1.73 bits per heavy atom. The minimum absolute atomic E-state index is 0.0594. The highest BCUT2D eigenvalue weighted by Gasteiger charge is 2.14. The molecule has 10 heteroatoms. The van der Waals surface area contributed by atoms with E-state index < -0.39 is 0 Å². The molecular weight excluding hydrogens is 586 g/mol. The Balaban J connectivity index is 1.25. The largest absolute Gasteiger partial charge is 0.493 e. The number of likely N-dealkylation sites (N-methyl/N-ethyl adjacent to an activating group) is 1. The first-order chi connectivity index (χ1) is 22.0. The highest BCUT2D eigenvalue weighted by molar-refractivity contribution is 7.98. The molecule has 1 aromatic heterocycles. The molecule has 3 aromatic carbocycles. The zero-order chi connectivity index (χ0) is 31.4. The minimum Gasteiger partial charge on any atom is -0.493 e. The summed E-state index contributed by atoms with van der Waals surface area (Å²) in [7, 11) is 5.34. The van der Waals surface area contributed by atoms with Gasteiger partial charge in [0.2, 0.25) is 0 Å². The molecule has 236 valence electrons. The smallest absolute Gasteiger partial charge is 0.251 e. The van der Waals surface area contributed by atoms with Crippen molar-refractivity contribution in [1.82, 2.24) is 20.2 Å². The van der Waals surface area contributed by atoms with Crippen LogP contribution in [0.2, 0.25) is 0 Å². The van der Waals surface area contributed by atoms with Crippen LogP contribution in [0.5, 0.6) is 11.5 Å². The Morgan fingerprint density at radius 3 is 2.51 bits per heavy atom. The lowest BCUT2D eigenvalue weighted by Gasteiger charge is -2.26. The fourth-order valence-electron chi connectivity index (χ4n) is 5.08. The van der Waals surface area contributed by atoms with Crippen molar-refractivity contribution in [2.24, 2.45) is 0 Å². The molecule has 0 unspecified atom stereocenters. The van der Waals surface area contributed by atoms with Crippen molar-refractivity contribution in [3.05, 3.63) is 95.6 Å². The van der Waals surface area contributed by atoms with Crippen LogP contribution in [-0.4, -0.2) is 88.0 Å². The third kappa shape index (κ3) is 9.20. The summed E-state index contributed by atoms with van der Waals surface area (Å²) in [5.41, 5.74) is 4.75. The maximum Gasteiger partial charge on any atom is 0.251 e. The molecule has 0 radical (unpaired) electrons. The van der Waals surface area contributed by atoms with E-state index in [1.165, 1.54) is 0 Å². The summed E-state index contributed by atoms with van der Waals surface area (Å²) >= 11 is 1.56. The molecule has 1 fully saturated rings. The lowest BCUT2D eigenvalue weighted by molar-refractivity contribution is 0.0383. The molecular formula is C35H41N5O4S. The van der Waals surface area contributed by atoms with Gasteiger partial charge in [-0.15, -0.1) is 0 Å². The average Bonchev–Trinajstić information content (AvgIpc) is 3.10. The number of rotatable bonds is 14. The Bertz CT molecular complexity index is 1550. The zero-order valence-corrected chi connectivity index (χ0v) is 27.0. The second kappa shape index (κ2) is 16.3. The lowest BCUT2D eigenvalue weighted by atomic mass is 10.1. The van der Waals surface area contributed by atoms with Crippen LogP contribution in [0.15, 0.2) is 84.0 Å². The molecule has 9 nitrogen and oxygen atoms in total. The van der Waals surface area contributed by atoms with Crippen LogP contribution >= 0.6 is 11.8 Å². The van der Waals surface area contributed by atoms with Gasteiger partial charge in [0.25, 0.3) is 5.91 Å². The van der Waals surface area contributed by atoms with Crippen molar-refractivity contribution in [2.45, 2.75) is 17.3 Å². The number of aromatic nitrogens is 2. The van der Waals surface area contributed by atoms with Gasteiger partial charge in [0.05, 0.1) is 33.1 Å². The van der Waals surface area contributed by atoms with Crippen LogP contribution in [0, 0.1) is 0 Å². The van der Waals surface area contributed by atoms with Crippen LogP contribution in [0.4, 0.5) is 5.82 Å². The fourth-order valence-corrected chi connectivity index (χ4v) is 5.88. The monoisotopic (exact) mass is 627 g/mol. The second-order valence-electron chi connectivity index (χ2n) is 10.8. The molecule has 0 atom stereocenters. The minimum atomic E-state index is -0.0594. The van der Waals surface area contributed by atoms with Crippen molar-refractivity contribution in [1.29, 1.82) is 0 Å². The molecule has 5 rings (SSSR count). The number of nitrogens with zero attached hydrogens (tertiary/aromatic N) is 4. The number of amides is 1. The summed E-state index contributed by atoms with van der Waals surface area (Å²) in [5.74, 6) is 2.87. The highest BCUT2D eigenvalue weighted by Crippen LogP contribution is 2.29. The molecule has 0 saturated carbocycles. The van der Waals surface area contributed by atoms with Gasteiger partial charge in [0.1, 0.15) is 5.82 Å². The second-order valence-corrected chi connectivity index (χ2v) is 11.8. The standard InChI is InChI=1S/C35H41N5O4S/c1-39(16-14-26-12-13-31(42-2)32(23-26)43-3)33-24-30(28-9-5-4-6-10-28)37-35(38-33)45-25-27-8-7-11-29(22-27)34(41)36-15-17-40-18-20-44-21-19-40/h4-13,22-24H,14-21,25H2,1-3H3,(H,36,41). The number of nitrogens with one attached hydrogen (secondary N) is 1. The van der Waals surface area contributed by atoms with Crippen molar-refractivity contribution in [3.63, 3.8) is 0 Å². The molecule has 1 N–H and O–H groups in total. The molecule has 4 aromatic rings. The molecule has 0 bridgehead atoms. The summed E-state index contributed by atoms with van der Waals surface area (Å²) in [5, 5.41) is 3.74. The summed E-state index contributed by atoms with van der Waals surface area (Å²) in [6.45, 7) is 5.51. The summed E-state index contributed by atoms with van der Waals surface area (Å²) in [4.78, 5) is 27.2. The van der Waals surface area contributed by atoms with Gasteiger partial charge >= 0.3 is 0 Å². The number of benzene rings is 3. The Hall–Kier alpha value is -4.12. The van der Waals surface area contributed by atoms with E-state index in [-0.39, 0.29) is 5.91 Å². The van der Waals surface area contributed by atoms with Gasteiger partial charge in [0, 0.05) is 62.7 Å². The molecule has 1 saturated heterocycles. The van der Waals surface area contributed by atoms with Crippen LogP contribution in [-0.2, 0) is 16.9 Å². The number of thioether (sulfide) groups is 1. The molecule has 2 heterocycles. The summed E-state index contributed by atoms with van der Waals surface area (Å²) in [6.07, 6.45) is 0.811. The fraction of sp³-hybridized carbons (Fsp3) is 0.343. The lowest BCUT2D eigenvalue weighted by Crippen LogP contribution is -2.41. The van der Waals surface area contributed by atoms with E-state index in [9.17, 15) is 4.79 Å². The van der Waals surface area contributed by atoms with Crippen LogP contribution in [0.25, 0.3) is 11.3 Å². The van der Waals surface area contributed by atoms with E-state index in [1.807, 2.05) is 67.7 Å². The third-order valence-corrected chi connectivity index (χ3v) is 8.63. The van der Waals surface area contributed by atoms with Crippen LogP contribution in [0.1, 0.15) is 21.5 Å². The van der Waals surface area contributed by atoms with Crippen molar-refractivity contribution in [3.8, 4) is 22.8 Å². The van der Waals surface area contributed by atoms with E-state index in [2.05, 4.69) is 33.3 Å². The molecule has 1 aliphatic rings. The van der Waals surface area contributed by atoms with E-state index in [4.69, 9.17) is 24.2 Å². The number of ether oxygens (including phenoxy) is 3. The normalized spacial score (nSPS) is 13.3. The first-order valence-electron chi connectivity index (χ1n) is 15.2. The Morgan fingerprint density at radius 1 is 0.933 bits per heavy atom. The Labute approximate surface area is 269 Å². The average molecular weight is 628 g/mol. The first kappa shape index (κ1) is 32.3. The van der Waals surface area contributed by atoms with E-state index in [1.54, 1.807) is 26.0 Å². The number of carbonyl (C=O) groups excluding carboxylic acids is 1. The summed E-state index contributed by atoms with van der Waals surface area (Å²) < 4.78 is 16.3. The van der Waals surface area contributed by atoms with E-state index in [0.29, 0.717) is 23.0 Å². The van der Waals surface area contributed by atoms with Gasteiger partial charge in [-0.25, -0.2) is 9.97 Å². The molecule has 1 aliphatic heterocycles. The van der Waals surface area contributed by atoms with Gasteiger partial charge in [0.15, 0.2) is 16.7 Å². The predicted molar refractivity (Wildman–Crippen MR) is 180 cm³/mol. The number of morpholine rings is 1. The Kier molecular flexibility index (Phi) is 11.7. The van der Waals surface area contributed by atoms with Gasteiger partial charge in [-0.3, -0.25) is 9.69 Å². The summed E-state index contributed by atoms with van der Waals surface area (Å²) in [6, 6.07) is 26.0. The molecule has 0 aliphatic carbocycles. The van der Waals surface area contributed by atoms with Gasteiger partial charge in [-0.1, -0.05) is 60.3 Å². The van der Waals surface area contributed by atoms with Crippen molar-refractivity contribution < 1.29 is 19.0 Å². The quantitative estimate of drug-likeness (QED) is 0.150. The molecule has 45 heavy (non-hydrogen) atoms. The molecule has 1 amide bonds. The van der Waals surface area contributed by atoms with E-state index in [0.717, 1.165) is 85.5 Å².